The van der Waals surface area contributed by atoms with E-state index in [-0.39, 0.29) is 24.8 Å². The van der Waals surface area contributed by atoms with Gasteiger partial charge in [-0.3, -0.25) is 34.2 Å². The number of nitrogens with zero attached hydrogens (tertiary/aromatic N) is 1. The first-order valence-corrected chi connectivity index (χ1v) is 12.2. The molecule has 0 aliphatic carbocycles. The molecule has 0 saturated carbocycles. The van der Waals surface area contributed by atoms with E-state index in [2.05, 4.69) is 10.6 Å². The number of carbonyl (C=O) groups excluding carboxylic acids is 4. The zero-order valence-corrected chi connectivity index (χ0v) is 19.4. The second kappa shape index (κ2) is 12.3. The molecule has 0 aromatic heterocycles. The molecule has 4 amide bonds. The van der Waals surface area contributed by atoms with Gasteiger partial charge in [-0.1, -0.05) is 51.0 Å². The van der Waals surface area contributed by atoms with Gasteiger partial charge in [-0.25, -0.2) is 0 Å². The number of unbranched alkanes of at least 4 members (excludes halogenated alkanes) is 8. The first-order chi connectivity index (χ1) is 16.4. The Morgan fingerprint density at radius 1 is 0.941 bits per heavy atom. The molecule has 0 radical (unpaired) electrons. The fourth-order valence-electron chi connectivity index (χ4n) is 4.52. The standard InChI is InChI=1S/C25H33N3O6/c29-20-15-14-19(23(32)27-20)28-24(33)17-11-10-12-18(22(17)25(28)34)26-16-9-7-5-3-1-2-4-6-8-13-21(30)31/h10-12,19,26H,1-9,13-16H2,(H,30,31)(H,27,29,32). The summed E-state index contributed by atoms with van der Waals surface area (Å²) < 4.78 is 0. The van der Waals surface area contributed by atoms with E-state index in [9.17, 15) is 24.0 Å². The van der Waals surface area contributed by atoms with Gasteiger partial charge in [0.25, 0.3) is 11.8 Å². The molecular formula is C25H33N3O6. The lowest BCUT2D eigenvalue weighted by Gasteiger charge is -2.27. The van der Waals surface area contributed by atoms with Crippen LogP contribution in [0.15, 0.2) is 18.2 Å². The monoisotopic (exact) mass is 471 g/mol. The van der Waals surface area contributed by atoms with Crippen molar-refractivity contribution >= 4 is 35.3 Å². The minimum atomic E-state index is -0.963. The number of carboxylic acid groups (broad SMARTS) is 1. The van der Waals surface area contributed by atoms with Gasteiger partial charge in [0.1, 0.15) is 6.04 Å². The van der Waals surface area contributed by atoms with Crippen LogP contribution in [-0.4, -0.2) is 52.2 Å². The zero-order valence-electron chi connectivity index (χ0n) is 19.4. The molecule has 9 nitrogen and oxygen atoms in total. The average Bonchev–Trinajstić information content (AvgIpc) is 3.05. The summed E-state index contributed by atoms with van der Waals surface area (Å²) in [6.45, 7) is 0.672. The Labute approximate surface area is 199 Å². The lowest BCUT2D eigenvalue weighted by molar-refractivity contribution is -0.138. The van der Waals surface area contributed by atoms with Crippen LogP contribution >= 0.6 is 0 Å². The summed E-state index contributed by atoms with van der Waals surface area (Å²) in [5, 5.41) is 14.1. The summed E-state index contributed by atoms with van der Waals surface area (Å²) in [7, 11) is 0. The molecule has 2 heterocycles. The van der Waals surface area contributed by atoms with Gasteiger partial charge >= 0.3 is 5.97 Å². The smallest absolute Gasteiger partial charge is 0.303 e. The van der Waals surface area contributed by atoms with Gasteiger partial charge in [-0.2, -0.15) is 0 Å². The predicted molar refractivity (Wildman–Crippen MR) is 125 cm³/mol. The SMILES string of the molecule is O=C(O)CCCCCCCCCCCNc1cccc2c1C(=O)N(C1CCC(=O)NC1=O)C2=O. The van der Waals surface area contributed by atoms with Crippen LogP contribution in [0, 0.1) is 0 Å². The number of carbonyl (C=O) groups is 5. The predicted octanol–water partition coefficient (Wildman–Crippen LogP) is 3.49. The Balaban J connectivity index is 1.40. The number of hydrogen-bond acceptors (Lipinski definition) is 6. The van der Waals surface area contributed by atoms with E-state index >= 15 is 0 Å². The van der Waals surface area contributed by atoms with Gasteiger partial charge in [0.05, 0.1) is 11.1 Å². The molecule has 1 atom stereocenters. The van der Waals surface area contributed by atoms with E-state index < -0.39 is 35.6 Å². The Morgan fingerprint density at radius 2 is 1.59 bits per heavy atom. The summed E-state index contributed by atoms with van der Waals surface area (Å²) in [6.07, 6.45) is 9.83. The van der Waals surface area contributed by atoms with E-state index in [1.807, 2.05) is 0 Å². The summed E-state index contributed by atoms with van der Waals surface area (Å²) in [4.78, 5) is 61.0. The fraction of sp³-hybridized carbons (Fsp3) is 0.560. The molecule has 3 N–H and O–H groups in total. The quantitative estimate of drug-likeness (QED) is 0.279. The maximum atomic E-state index is 13.1. The van der Waals surface area contributed by atoms with Crippen molar-refractivity contribution in [1.29, 1.82) is 0 Å². The number of fused-ring (bicyclic) bond motifs is 1. The third kappa shape index (κ3) is 6.42. The third-order valence-electron chi connectivity index (χ3n) is 6.35. The highest BCUT2D eigenvalue weighted by Gasteiger charge is 2.45. The number of hydrogen-bond donors (Lipinski definition) is 3. The van der Waals surface area contributed by atoms with Crippen molar-refractivity contribution in [3.63, 3.8) is 0 Å². The molecular weight excluding hydrogens is 438 g/mol. The number of imide groups is 2. The molecule has 0 spiro atoms. The van der Waals surface area contributed by atoms with Crippen LogP contribution in [-0.2, 0) is 14.4 Å². The van der Waals surface area contributed by atoms with Crippen LogP contribution in [0.5, 0.6) is 0 Å². The van der Waals surface area contributed by atoms with Crippen LogP contribution in [0.2, 0.25) is 0 Å². The van der Waals surface area contributed by atoms with Crippen molar-refractivity contribution < 1.29 is 29.1 Å². The van der Waals surface area contributed by atoms with E-state index in [1.54, 1.807) is 18.2 Å². The lowest BCUT2D eigenvalue weighted by Crippen LogP contribution is -2.54. The molecule has 1 aromatic carbocycles. The van der Waals surface area contributed by atoms with Crippen LogP contribution < -0.4 is 10.6 Å². The van der Waals surface area contributed by atoms with E-state index in [0.717, 1.165) is 62.7 Å². The van der Waals surface area contributed by atoms with Crippen LogP contribution in [0.1, 0.15) is 97.8 Å². The Hall–Kier alpha value is -3.23. The number of aliphatic carboxylic acids is 1. The summed E-state index contributed by atoms with van der Waals surface area (Å²) >= 11 is 0. The number of piperidine rings is 1. The number of rotatable bonds is 14. The Bertz CT molecular complexity index is 945. The van der Waals surface area contributed by atoms with E-state index in [1.165, 1.54) is 0 Å². The average molecular weight is 472 g/mol. The zero-order chi connectivity index (χ0) is 24.5. The van der Waals surface area contributed by atoms with E-state index in [0.29, 0.717) is 17.8 Å². The van der Waals surface area contributed by atoms with Gasteiger partial charge in [0.15, 0.2) is 0 Å². The van der Waals surface area contributed by atoms with Gasteiger partial charge in [0, 0.05) is 25.1 Å². The number of benzene rings is 1. The van der Waals surface area contributed by atoms with Gasteiger partial charge in [-0.05, 0) is 31.4 Å². The first-order valence-electron chi connectivity index (χ1n) is 12.2. The topological polar surface area (TPSA) is 133 Å². The number of carboxylic acids is 1. The van der Waals surface area contributed by atoms with Crippen molar-refractivity contribution in [2.24, 2.45) is 0 Å². The molecule has 3 rings (SSSR count). The highest BCUT2D eigenvalue weighted by Crippen LogP contribution is 2.32. The second-order valence-corrected chi connectivity index (χ2v) is 8.93. The van der Waals surface area contributed by atoms with Gasteiger partial charge in [-0.15, -0.1) is 0 Å². The molecule has 1 aromatic rings. The van der Waals surface area contributed by atoms with Crippen molar-refractivity contribution in [2.45, 2.75) is 83.1 Å². The molecule has 1 saturated heterocycles. The molecule has 1 fully saturated rings. The molecule has 184 valence electrons. The highest BCUT2D eigenvalue weighted by molar-refractivity contribution is 6.25. The maximum absolute atomic E-state index is 13.1. The van der Waals surface area contributed by atoms with Crippen LogP contribution in [0.25, 0.3) is 0 Å². The van der Waals surface area contributed by atoms with Gasteiger partial charge < -0.3 is 10.4 Å². The van der Waals surface area contributed by atoms with E-state index in [4.69, 9.17) is 5.11 Å². The summed E-state index contributed by atoms with van der Waals surface area (Å²) in [5.74, 6) is -2.73. The minimum Gasteiger partial charge on any atom is -0.481 e. The molecule has 1 unspecified atom stereocenters. The number of anilines is 1. The van der Waals surface area contributed by atoms with Crippen LogP contribution in [0.3, 0.4) is 0 Å². The number of amides is 4. The highest BCUT2D eigenvalue weighted by atomic mass is 16.4. The molecule has 2 aliphatic rings. The normalized spacial score (nSPS) is 17.6. The molecule has 9 heteroatoms. The van der Waals surface area contributed by atoms with Crippen molar-refractivity contribution in [3.8, 4) is 0 Å². The molecule has 0 bridgehead atoms. The Kier molecular flexibility index (Phi) is 9.18. The third-order valence-corrected chi connectivity index (χ3v) is 6.35. The summed E-state index contributed by atoms with van der Waals surface area (Å²) in [6, 6.07) is 4.11. The van der Waals surface area contributed by atoms with Crippen molar-refractivity contribution in [2.75, 3.05) is 11.9 Å². The largest absolute Gasteiger partial charge is 0.481 e. The van der Waals surface area contributed by atoms with Crippen molar-refractivity contribution in [1.82, 2.24) is 10.2 Å². The Morgan fingerprint density at radius 3 is 2.24 bits per heavy atom. The van der Waals surface area contributed by atoms with Crippen molar-refractivity contribution in [3.05, 3.63) is 29.3 Å². The molecule has 2 aliphatic heterocycles. The summed E-state index contributed by atoms with van der Waals surface area (Å²) in [5.41, 5.74) is 1.16. The molecule has 34 heavy (non-hydrogen) atoms. The minimum absolute atomic E-state index is 0.0969. The lowest BCUT2D eigenvalue weighted by atomic mass is 10.0. The first kappa shape index (κ1) is 25.4. The second-order valence-electron chi connectivity index (χ2n) is 8.93. The maximum Gasteiger partial charge on any atom is 0.303 e. The van der Waals surface area contributed by atoms with Gasteiger partial charge in [0.2, 0.25) is 11.8 Å². The number of nitrogens with one attached hydrogen (secondary N) is 2. The van der Waals surface area contributed by atoms with Crippen LogP contribution in [0.4, 0.5) is 5.69 Å². The fourth-order valence-corrected chi connectivity index (χ4v) is 4.52.